The van der Waals surface area contributed by atoms with Gasteiger partial charge in [-0.2, -0.15) is 0 Å². The van der Waals surface area contributed by atoms with E-state index >= 15 is 0 Å². The third-order valence-corrected chi connectivity index (χ3v) is 3.87. The number of aryl methyl sites for hydroxylation is 2. The summed E-state index contributed by atoms with van der Waals surface area (Å²) in [6.07, 6.45) is 0. The Kier molecular flexibility index (Phi) is 6.00. The third-order valence-electron chi connectivity index (χ3n) is 3.87. The first kappa shape index (κ1) is 18.3. The molecule has 0 saturated carbocycles. The van der Waals surface area contributed by atoms with Crippen molar-refractivity contribution in [2.75, 3.05) is 31.3 Å². The van der Waals surface area contributed by atoms with Gasteiger partial charge in [0, 0.05) is 18.3 Å². The molecule has 2 rings (SSSR count). The van der Waals surface area contributed by atoms with Crippen LogP contribution in [0, 0.1) is 13.8 Å². The topological polar surface area (TPSA) is 79.5 Å². The van der Waals surface area contributed by atoms with Crippen LogP contribution in [-0.2, 0) is 4.79 Å². The number of carbonyl (C=O) groups is 2. The van der Waals surface area contributed by atoms with Crippen LogP contribution in [0.1, 0.15) is 21.5 Å². The van der Waals surface area contributed by atoms with Crippen molar-refractivity contribution in [1.82, 2.24) is 5.32 Å². The Bertz CT molecular complexity index is 767. The molecule has 0 aliphatic heterocycles. The van der Waals surface area contributed by atoms with Gasteiger partial charge < -0.3 is 20.7 Å². The highest BCUT2D eigenvalue weighted by molar-refractivity contribution is 5.97. The first-order valence-electron chi connectivity index (χ1n) is 7.96. The second-order valence-electron chi connectivity index (χ2n) is 5.66. The summed E-state index contributed by atoms with van der Waals surface area (Å²) in [5.74, 6) is 0.183. The number of benzene rings is 2. The van der Waals surface area contributed by atoms with E-state index in [0.29, 0.717) is 17.0 Å². The van der Waals surface area contributed by atoms with Gasteiger partial charge in [0.25, 0.3) is 5.91 Å². The summed E-state index contributed by atoms with van der Waals surface area (Å²) >= 11 is 0. The smallest absolute Gasteiger partial charge is 0.251 e. The van der Waals surface area contributed by atoms with Crippen molar-refractivity contribution in [1.29, 1.82) is 0 Å². The number of para-hydroxylation sites is 1. The molecule has 6 heteroatoms. The lowest BCUT2D eigenvalue weighted by atomic mass is 10.1. The predicted molar refractivity (Wildman–Crippen MR) is 99.4 cm³/mol. The molecule has 0 heterocycles. The fourth-order valence-corrected chi connectivity index (χ4v) is 2.50. The third kappa shape index (κ3) is 4.50. The van der Waals surface area contributed by atoms with Crippen molar-refractivity contribution in [3.05, 3.63) is 53.1 Å². The predicted octanol–water partition coefficient (Wildman–Crippen LogP) is 2.72. The minimum Gasteiger partial charge on any atom is -0.495 e. The van der Waals surface area contributed by atoms with Crippen molar-refractivity contribution < 1.29 is 14.3 Å². The molecular formula is C19H23N3O3. The van der Waals surface area contributed by atoms with E-state index in [-0.39, 0.29) is 18.4 Å². The second kappa shape index (κ2) is 8.19. The van der Waals surface area contributed by atoms with Gasteiger partial charge in [0.05, 0.1) is 19.3 Å². The first-order chi connectivity index (χ1) is 12.0. The number of hydrogen-bond acceptors (Lipinski definition) is 4. The molecule has 0 fully saturated rings. The van der Waals surface area contributed by atoms with Crippen molar-refractivity contribution in [3.8, 4) is 5.75 Å². The molecule has 0 radical (unpaired) electrons. The number of carbonyl (C=O) groups excluding carboxylic acids is 2. The Morgan fingerprint density at radius 2 is 1.76 bits per heavy atom. The maximum atomic E-state index is 12.3. The van der Waals surface area contributed by atoms with Gasteiger partial charge in [0.15, 0.2) is 0 Å². The summed E-state index contributed by atoms with van der Waals surface area (Å²) in [6, 6.07) is 10.9. The molecule has 0 saturated heterocycles. The minimum absolute atomic E-state index is 0.0569. The molecule has 0 spiro atoms. The lowest BCUT2D eigenvalue weighted by Crippen LogP contribution is -2.23. The summed E-state index contributed by atoms with van der Waals surface area (Å²) in [7, 11) is 3.11. The van der Waals surface area contributed by atoms with Crippen LogP contribution in [0.4, 0.5) is 11.4 Å². The van der Waals surface area contributed by atoms with Gasteiger partial charge in [0.2, 0.25) is 5.91 Å². The molecule has 0 atom stereocenters. The van der Waals surface area contributed by atoms with Crippen LogP contribution in [0.3, 0.4) is 0 Å². The van der Waals surface area contributed by atoms with Gasteiger partial charge in [0.1, 0.15) is 5.75 Å². The average Bonchev–Trinajstić information content (AvgIpc) is 2.62. The van der Waals surface area contributed by atoms with Crippen molar-refractivity contribution in [2.24, 2.45) is 0 Å². The molecule has 25 heavy (non-hydrogen) atoms. The van der Waals surface area contributed by atoms with E-state index < -0.39 is 0 Å². The number of nitrogens with one attached hydrogen (secondary N) is 3. The highest BCUT2D eigenvalue weighted by Gasteiger charge is 2.11. The molecular weight excluding hydrogens is 318 g/mol. The van der Waals surface area contributed by atoms with Crippen LogP contribution in [-0.4, -0.2) is 32.5 Å². The normalized spacial score (nSPS) is 10.1. The van der Waals surface area contributed by atoms with E-state index in [1.54, 1.807) is 25.2 Å². The molecule has 132 valence electrons. The van der Waals surface area contributed by atoms with Gasteiger partial charge in [-0.15, -0.1) is 0 Å². The van der Waals surface area contributed by atoms with Crippen LogP contribution in [0.5, 0.6) is 5.75 Å². The molecule has 2 aromatic carbocycles. The SMILES string of the molecule is CNC(=O)c1ccc(OC)c(NCC(=O)Nc2c(C)cccc2C)c1. The zero-order valence-corrected chi connectivity index (χ0v) is 14.9. The van der Waals surface area contributed by atoms with Crippen LogP contribution < -0.4 is 20.7 Å². The zero-order chi connectivity index (χ0) is 18.4. The number of ether oxygens (including phenoxy) is 1. The zero-order valence-electron chi connectivity index (χ0n) is 14.9. The van der Waals surface area contributed by atoms with Crippen molar-refractivity contribution >= 4 is 23.2 Å². The Hall–Kier alpha value is -3.02. The Labute approximate surface area is 147 Å². The number of methoxy groups -OCH3 is 1. The molecule has 2 aromatic rings. The summed E-state index contributed by atoms with van der Waals surface area (Å²) in [5, 5.41) is 8.51. The van der Waals surface area contributed by atoms with E-state index in [4.69, 9.17) is 4.74 Å². The minimum atomic E-state index is -0.203. The van der Waals surface area contributed by atoms with Gasteiger partial charge in [-0.1, -0.05) is 18.2 Å². The maximum absolute atomic E-state index is 12.3. The Morgan fingerprint density at radius 1 is 1.08 bits per heavy atom. The van der Waals surface area contributed by atoms with Crippen molar-refractivity contribution in [2.45, 2.75) is 13.8 Å². The van der Waals surface area contributed by atoms with Crippen molar-refractivity contribution in [3.63, 3.8) is 0 Å². The Balaban J connectivity index is 2.09. The summed E-state index contributed by atoms with van der Waals surface area (Å²) < 4.78 is 5.28. The summed E-state index contributed by atoms with van der Waals surface area (Å²) in [5.41, 5.74) is 3.90. The number of rotatable bonds is 6. The Morgan fingerprint density at radius 3 is 2.36 bits per heavy atom. The van der Waals surface area contributed by atoms with E-state index in [9.17, 15) is 9.59 Å². The molecule has 6 nitrogen and oxygen atoms in total. The number of hydrogen-bond donors (Lipinski definition) is 3. The van der Waals surface area contributed by atoms with E-state index in [2.05, 4.69) is 16.0 Å². The van der Waals surface area contributed by atoms with Crippen LogP contribution in [0.25, 0.3) is 0 Å². The largest absolute Gasteiger partial charge is 0.495 e. The molecule has 0 unspecified atom stereocenters. The monoisotopic (exact) mass is 341 g/mol. The van der Waals surface area contributed by atoms with Gasteiger partial charge in [-0.25, -0.2) is 0 Å². The lowest BCUT2D eigenvalue weighted by Gasteiger charge is -2.14. The van der Waals surface area contributed by atoms with Crippen LogP contribution in [0.2, 0.25) is 0 Å². The summed E-state index contributed by atoms with van der Waals surface area (Å²) in [4.78, 5) is 24.0. The quantitative estimate of drug-likeness (QED) is 0.755. The highest BCUT2D eigenvalue weighted by atomic mass is 16.5. The first-order valence-corrected chi connectivity index (χ1v) is 7.96. The summed E-state index contributed by atoms with van der Waals surface area (Å²) in [6.45, 7) is 3.96. The highest BCUT2D eigenvalue weighted by Crippen LogP contribution is 2.25. The number of anilines is 2. The van der Waals surface area contributed by atoms with Gasteiger partial charge in [-0.05, 0) is 43.2 Å². The molecule has 2 amide bonds. The van der Waals surface area contributed by atoms with Crippen LogP contribution >= 0.6 is 0 Å². The van der Waals surface area contributed by atoms with E-state index in [1.165, 1.54) is 7.11 Å². The van der Waals surface area contributed by atoms with Gasteiger partial charge >= 0.3 is 0 Å². The lowest BCUT2D eigenvalue weighted by molar-refractivity contribution is -0.114. The molecule has 0 bridgehead atoms. The van der Waals surface area contributed by atoms with E-state index in [0.717, 1.165) is 16.8 Å². The standard InChI is InChI=1S/C19H23N3O3/c1-12-6-5-7-13(2)18(12)22-17(23)11-21-15-10-14(19(24)20-3)8-9-16(15)25-4/h5-10,21H,11H2,1-4H3,(H,20,24)(H,22,23). The fraction of sp³-hybridized carbons (Fsp3) is 0.263. The van der Waals surface area contributed by atoms with Gasteiger partial charge in [-0.3, -0.25) is 9.59 Å². The molecule has 0 aliphatic rings. The average molecular weight is 341 g/mol. The molecule has 0 aliphatic carbocycles. The van der Waals surface area contributed by atoms with E-state index in [1.807, 2.05) is 32.0 Å². The molecule has 0 aromatic heterocycles. The maximum Gasteiger partial charge on any atom is 0.251 e. The number of amides is 2. The second-order valence-corrected chi connectivity index (χ2v) is 5.66. The fourth-order valence-electron chi connectivity index (χ4n) is 2.50. The van der Waals surface area contributed by atoms with Crippen LogP contribution in [0.15, 0.2) is 36.4 Å². The molecule has 3 N–H and O–H groups in total.